The highest BCUT2D eigenvalue weighted by atomic mass is 16.8. The van der Waals surface area contributed by atoms with Crippen LogP contribution in [0.4, 0.5) is 0 Å². The third-order valence-electron chi connectivity index (χ3n) is 19.9. The summed E-state index contributed by atoms with van der Waals surface area (Å²) in [5, 5.41) is 121. The van der Waals surface area contributed by atoms with Crippen LogP contribution >= 0.6 is 0 Å². The summed E-state index contributed by atoms with van der Waals surface area (Å²) in [7, 11) is 0. The molecule has 3 aliphatic rings. The largest absolute Gasteiger partial charge is 0.394 e. The van der Waals surface area contributed by atoms with Gasteiger partial charge in [0.05, 0.1) is 38.6 Å². The van der Waals surface area contributed by atoms with Crippen LogP contribution < -0.4 is 5.32 Å². The Morgan fingerprint density at radius 3 is 1.03 bits per heavy atom. The van der Waals surface area contributed by atoms with Gasteiger partial charge in [-0.3, -0.25) is 4.79 Å². The lowest BCUT2D eigenvalue weighted by molar-refractivity contribution is -0.379. The van der Waals surface area contributed by atoms with E-state index in [0.29, 0.717) is 12.8 Å². The minimum absolute atomic E-state index is 0.239. The van der Waals surface area contributed by atoms with Crippen LogP contribution in [0.25, 0.3) is 0 Å². The van der Waals surface area contributed by atoms with E-state index >= 15 is 0 Å². The molecule has 0 aromatic heterocycles. The van der Waals surface area contributed by atoms with E-state index in [1.807, 2.05) is 6.08 Å². The highest BCUT2D eigenvalue weighted by molar-refractivity contribution is 5.76. The zero-order valence-electron chi connectivity index (χ0n) is 60.8. The number of aliphatic hydroxyl groups is 11. The SMILES string of the molecule is CCCCCCCCCC/C=C\CCCCCCCCCCCCCCCCCCCCCC(=O)NC(COC1OC(CO)C(OC2OC(CO)C(OC3OC(CO)C(O)C(O)C3O)C(O)C2O)C(O)C1O)C(O)/C=C/CC/C=C/CCCCCCCCCCCCCCCCC. The van der Waals surface area contributed by atoms with Crippen molar-refractivity contribution in [2.75, 3.05) is 26.4 Å². The van der Waals surface area contributed by atoms with E-state index in [2.05, 4.69) is 43.5 Å². The first-order valence-corrected chi connectivity index (χ1v) is 39.7. The van der Waals surface area contributed by atoms with Crippen LogP contribution in [0.15, 0.2) is 36.5 Å². The molecule has 0 bridgehead atoms. The summed E-state index contributed by atoms with van der Waals surface area (Å²) in [5.41, 5.74) is 0. The quantitative estimate of drug-likeness (QED) is 0.0199. The second-order valence-electron chi connectivity index (χ2n) is 28.5. The Bertz CT molecular complexity index is 1900. The van der Waals surface area contributed by atoms with Crippen LogP contribution in [0.2, 0.25) is 0 Å². The van der Waals surface area contributed by atoms with Gasteiger partial charge in [0.25, 0.3) is 0 Å². The normalized spacial score (nSPS) is 27.0. The molecular weight excluding hydrogens is 1240 g/mol. The number of ether oxygens (including phenoxy) is 6. The number of amides is 1. The third kappa shape index (κ3) is 40.0. The fourth-order valence-corrected chi connectivity index (χ4v) is 13.5. The number of carbonyl (C=O) groups excluding carboxylic acids is 1. The molecule has 0 spiro atoms. The summed E-state index contributed by atoms with van der Waals surface area (Å²) in [6.45, 7) is 1.76. The Labute approximate surface area is 587 Å². The number of rotatable bonds is 63. The molecule has 3 fully saturated rings. The number of aliphatic hydroxyl groups excluding tert-OH is 11. The lowest BCUT2D eigenvalue weighted by Gasteiger charge is -2.48. The standard InChI is InChI=1S/C78H145NO18/c1-3-5-7-9-11-13-15-17-19-21-23-25-26-27-28-29-30-31-32-33-34-36-38-40-42-44-46-48-50-52-54-56-66(84)79-61(62(83)55-53-51-49-47-45-43-41-39-37-35-24-22-20-18-16-14-12-10-8-6-4-2)60-92-76-72(90)69(87)74(64(58-81)94-76)97-78-73(91)70(88)75(65(59-82)95-78)96-77-71(89)68(86)67(85)63(57-80)93-77/h21,23,45,47,53,55,61-65,67-78,80-83,85-91H,3-20,22,24-44,46,48-52,54,56-60H2,1-2H3,(H,79,84)/b23-21-,47-45+,55-53+. The van der Waals surface area contributed by atoms with Crippen LogP contribution in [0.1, 0.15) is 322 Å². The first-order valence-electron chi connectivity index (χ1n) is 39.7. The highest BCUT2D eigenvalue weighted by Crippen LogP contribution is 2.33. The summed E-state index contributed by atoms with van der Waals surface area (Å²) in [4.78, 5) is 13.5. The van der Waals surface area contributed by atoms with Crippen molar-refractivity contribution in [1.29, 1.82) is 0 Å². The Morgan fingerprint density at radius 2 is 0.660 bits per heavy atom. The van der Waals surface area contributed by atoms with Crippen molar-refractivity contribution in [2.45, 2.75) is 426 Å². The maximum absolute atomic E-state index is 13.5. The van der Waals surface area contributed by atoms with Crippen molar-refractivity contribution in [3.8, 4) is 0 Å². The maximum atomic E-state index is 13.5. The molecule has 0 aromatic carbocycles. The smallest absolute Gasteiger partial charge is 0.220 e. The van der Waals surface area contributed by atoms with Crippen LogP contribution in [-0.4, -0.2) is 193 Å². The molecule has 0 aromatic rings. The molecule has 1 amide bonds. The van der Waals surface area contributed by atoms with Gasteiger partial charge in [0.15, 0.2) is 18.9 Å². The van der Waals surface area contributed by atoms with Gasteiger partial charge in [0, 0.05) is 6.42 Å². The molecule has 3 saturated heterocycles. The number of nitrogens with one attached hydrogen (secondary N) is 1. The fraction of sp³-hybridized carbons (Fsp3) is 0.910. The van der Waals surface area contributed by atoms with Crippen LogP contribution in [-0.2, 0) is 33.2 Å². The summed E-state index contributed by atoms with van der Waals surface area (Å²) in [6.07, 6.45) is 45.7. The van der Waals surface area contributed by atoms with E-state index in [1.54, 1.807) is 6.08 Å². The van der Waals surface area contributed by atoms with Gasteiger partial charge in [-0.05, 0) is 57.8 Å². The number of hydrogen-bond acceptors (Lipinski definition) is 18. The third-order valence-corrected chi connectivity index (χ3v) is 19.9. The van der Waals surface area contributed by atoms with Crippen molar-refractivity contribution in [1.82, 2.24) is 5.32 Å². The van der Waals surface area contributed by atoms with Crippen LogP contribution in [0, 0.1) is 0 Å². The fourth-order valence-electron chi connectivity index (χ4n) is 13.5. The molecule has 0 aliphatic carbocycles. The topological polar surface area (TPSA) is 307 Å². The first-order chi connectivity index (χ1) is 47.3. The molecule has 3 rings (SSSR count). The number of hydrogen-bond donors (Lipinski definition) is 12. The van der Waals surface area contributed by atoms with Gasteiger partial charge in [-0.15, -0.1) is 0 Å². The molecule has 0 radical (unpaired) electrons. The highest BCUT2D eigenvalue weighted by Gasteiger charge is 2.53. The van der Waals surface area contributed by atoms with Crippen molar-refractivity contribution in [3.63, 3.8) is 0 Å². The second kappa shape index (κ2) is 59.4. The Hall–Kier alpha value is -1.99. The Kier molecular flexibility index (Phi) is 54.6. The van der Waals surface area contributed by atoms with Gasteiger partial charge >= 0.3 is 0 Å². The molecule has 570 valence electrons. The van der Waals surface area contributed by atoms with E-state index in [9.17, 15) is 61.0 Å². The van der Waals surface area contributed by atoms with Crippen molar-refractivity contribution in [2.24, 2.45) is 0 Å². The van der Waals surface area contributed by atoms with Gasteiger partial charge in [-0.25, -0.2) is 0 Å². The summed E-state index contributed by atoms with van der Waals surface area (Å²) in [6, 6.07) is -0.989. The van der Waals surface area contributed by atoms with E-state index in [0.717, 1.165) is 38.5 Å². The number of unbranched alkanes of at least 4 members (excludes halogenated alkanes) is 43. The zero-order chi connectivity index (χ0) is 70.4. The van der Waals surface area contributed by atoms with Crippen molar-refractivity contribution in [3.05, 3.63) is 36.5 Å². The van der Waals surface area contributed by atoms with Gasteiger partial charge < -0.3 is 89.9 Å². The van der Waals surface area contributed by atoms with Crippen molar-refractivity contribution < 1.29 is 89.4 Å². The van der Waals surface area contributed by atoms with E-state index in [-0.39, 0.29) is 18.9 Å². The van der Waals surface area contributed by atoms with Gasteiger partial charge in [-0.2, -0.15) is 0 Å². The van der Waals surface area contributed by atoms with Crippen molar-refractivity contribution >= 4 is 5.91 Å². The summed E-state index contributed by atoms with van der Waals surface area (Å²) < 4.78 is 34.4. The molecule has 19 nitrogen and oxygen atoms in total. The monoisotopic (exact) mass is 1380 g/mol. The van der Waals surface area contributed by atoms with E-state index < -0.39 is 124 Å². The molecule has 3 heterocycles. The number of carbonyl (C=O) groups is 1. The molecule has 17 atom stereocenters. The minimum atomic E-state index is -1.98. The van der Waals surface area contributed by atoms with Gasteiger partial charge in [0.1, 0.15) is 73.2 Å². The first kappa shape index (κ1) is 89.2. The molecule has 12 N–H and O–H groups in total. The average Bonchev–Trinajstić information content (AvgIpc) is 0.798. The lowest BCUT2D eigenvalue weighted by atomic mass is 9.96. The summed E-state index contributed by atoms with van der Waals surface area (Å²) in [5.74, 6) is -0.279. The second-order valence-corrected chi connectivity index (χ2v) is 28.5. The molecule has 0 saturated carbocycles. The Balaban J connectivity index is 1.38. The predicted molar refractivity (Wildman–Crippen MR) is 383 cm³/mol. The lowest BCUT2D eigenvalue weighted by Crippen LogP contribution is -2.66. The predicted octanol–water partition coefficient (Wildman–Crippen LogP) is 12.7. The zero-order valence-corrected chi connectivity index (χ0v) is 60.8. The molecular formula is C78H145NO18. The molecule has 17 unspecified atom stereocenters. The van der Waals surface area contributed by atoms with E-state index in [4.69, 9.17) is 28.4 Å². The molecule has 3 aliphatic heterocycles. The van der Waals surface area contributed by atoms with Crippen LogP contribution in [0.5, 0.6) is 0 Å². The Morgan fingerprint density at radius 1 is 0.361 bits per heavy atom. The average molecular weight is 1390 g/mol. The van der Waals surface area contributed by atoms with Gasteiger partial charge in [-0.1, -0.05) is 294 Å². The number of allylic oxidation sites excluding steroid dienone is 5. The maximum Gasteiger partial charge on any atom is 0.220 e. The molecule has 19 heteroatoms. The van der Waals surface area contributed by atoms with Gasteiger partial charge in [0.2, 0.25) is 5.91 Å². The summed E-state index contributed by atoms with van der Waals surface area (Å²) >= 11 is 0. The van der Waals surface area contributed by atoms with E-state index in [1.165, 1.54) is 250 Å². The van der Waals surface area contributed by atoms with Crippen LogP contribution in [0.3, 0.4) is 0 Å². The molecule has 97 heavy (non-hydrogen) atoms. The minimum Gasteiger partial charge on any atom is -0.394 e.